The van der Waals surface area contributed by atoms with E-state index in [-0.39, 0.29) is 0 Å². The molecule has 0 radical (unpaired) electrons. The van der Waals surface area contributed by atoms with Crippen molar-refractivity contribution in [2.24, 2.45) is 0 Å². The zero-order chi connectivity index (χ0) is 13.3. The Balaban J connectivity index is 4.29. The Hall–Kier alpha value is -3.78. The molecule has 0 aliphatic rings. The van der Waals surface area contributed by atoms with Gasteiger partial charge >= 0.3 is 0 Å². The zero-order valence-electron chi connectivity index (χ0n) is 9.15. The lowest BCUT2D eigenvalue weighted by Crippen LogP contribution is -1.55. The molecule has 0 atom stereocenters. The topological polar surface area (TPSA) is 0 Å². The number of rotatable bonds is 0. The van der Waals surface area contributed by atoms with Gasteiger partial charge in [0.15, 0.2) is 0 Å². The van der Waals surface area contributed by atoms with Gasteiger partial charge in [-0.15, -0.1) is 11.8 Å². The van der Waals surface area contributed by atoms with Crippen molar-refractivity contribution in [2.45, 2.75) is 0 Å². The molecule has 0 aliphatic carbocycles. The van der Waals surface area contributed by atoms with Crippen molar-refractivity contribution in [2.75, 3.05) is 0 Å². The minimum atomic E-state index is 1.20. The molecule has 0 saturated heterocycles. The Morgan fingerprint density at radius 2 is 0.889 bits per heavy atom. The van der Waals surface area contributed by atoms with E-state index in [4.69, 9.17) is 13.0 Å². The highest BCUT2D eigenvalue weighted by atomic mass is 13.6. The normalized spacial score (nSPS) is 3.94. The average Bonchev–Trinajstić information content (AvgIpc) is 2.39. The van der Waals surface area contributed by atoms with Crippen LogP contribution in [0.15, 0.2) is 6.08 Å². The summed E-state index contributed by atoms with van der Waals surface area (Å²) in [6.07, 6.45) is 7.67. The van der Waals surface area contributed by atoms with Crippen molar-refractivity contribution in [3.8, 4) is 88.8 Å². The van der Waals surface area contributed by atoms with Crippen molar-refractivity contribution in [1.29, 1.82) is 0 Å². The van der Waals surface area contributed by atoms with E-state index in [9.17, 15) is 0 Å². The van der Waals surface area contributed by atoms with Gasteiger partial charge in [-0.2, -0.15) is 0 Å². The number of hydrogen-bond donors (Lipinski definition) is 0. The van der Waals surface area contributed by atoms with E-state index in [0.29, 0.717) is 0 Å². The molecule has 0 heteroatoms. The van der Waals surface area contributed by atoms with E-state index in [2.05, 4.69) is 82.9 Å². The van der Waals surface area contributed by atoms with Crippen LogP contribution in [0.1, 0.15) is 0 Å². The second kappa shape index (κ2) is 13.2. The fraction of sp³-hybridized carbons (Fsp3) is 0. The Kier molecular flexibility index (Phi) is 10.4. The summed E-state index contributed by atoms with van der Waals surface area (Å²) in [5, 5.41) is 0. The van der Waals surface area contributed by atoms with Gasteiger partial charge in [0.1, 0.15) is 0 Å². The van der Waals surface area contributed by atoms with Gasteiger partial charge in [0, 0.05) is 0 Å². The SMILES string of the molecule is [C-]#CC#CC#CC#CC#CC#CC#CC#CC=[CH-]. The standard InChI is InChI=1S/C18H2/c1-3-5-7-9-11-13-15-17-18-16-14-12-10-8-6-4-2/h1,3H/q-2. The van der Waals surface area contributed by atoms with Crippen molar-refractivity contribution in [3.63, 3.8) is 0 Å². The highest BCUT2D eigenvalue weighted by Crippen LogP contribution is 1.58. The third kappa shape index (κ3) is 12.2. The monoisotopic (exact) mass is 218 g/mol. The second-order valence-corrected chi connectivity index (χ2v) is 2.06. The molecule has 0 N–H and O–H groups in total. The molecule has 0 aromatic rings. The molecule has 0 aliphatic heterocycles. The number of allylic oxidation sites excluding steroid dienone is 1. The Bertz CT molecular complexity index is 777. The van der Waals surface area contributed by atoms with Gasteiger partial charge in [0.2, 0.25) is 0 Å². The van der Waals surface area contributed by atoms with Crippen LogP contribution in [0.4, 0.5) is 0 Å². The van der Waals surface area contributed by atoms with Crippen molar-refractivity contribution in [3.05, 3.63) is 19.1 Å². The first-order valence-electron chi connectivity index (χ1n) is 4.37. The molecule has 0 nitrogen and oxygen atoms in total. The minimum absolute atomic E-state index is 1.20. The molecule has 0 unspecified atom stereocenters. The minimum Gasteiger partial charge on any atom is -0.358 e. The fourth-order valence-corrected chi connectivity index (χ4v) is 0.453. The number of hydrogen-bond acceptors (Lipinski definition) is 0. The van der Waals surface area contributed by atoms with Crippen LogP contribution < -0.4 is 0 Å². The molecule has 0 bridgehead atoms. The summed E-state index contributed by atoms with van der Waals surface area (Å²) in [6, 6.07) is 0. The van der Waals surface area contributed by atoms with Gasteiger partial charge in [0.05, 0.1) is 0 Å². The van der Waals surface area contributed by atoms with E-state index < -0.39 is 0 Å². The maximum Gasteiger partial charge on any atom is -0.00000000684 e. The van der Waals surface area contributed by atoms with Crippen LogP contribution in [0.3, 0.4) is 0 Å². The summed E-state index contributed by atoms with van der Waals surface area (Å²) < 4.78 is 0. The van der Waals surface area contributed by atoms with Gasteiger partial charge in [-0.1, -0.05) is 0 Å². The van der Waals surface area contributed by atoms with E-state index in [1.165, 1.54) is 6.08 Å². The lowest BCUT2D eigenvalue weighted by atomic mass is 10.5. The van der Waals surface area contributed by atoms with Gasteiger partial charge in [-0.05, 0) is 59.2 Å². The maximum absolute atomic E-state index is 6.47. The van der Waals surface area contributed by atoms with Gasteiger partial charge < -0.3 is 6.42 Å². The third-order valence-electron chi connectivity index (χ3n) is 0.968. The smallest absolute Gasteiger partial charge is 0.00000000684 e. The largest absolute Gasteiger partial charge is 0.358 e. The first-order chi connectivity index (χ1) is 8.91. The molecular formula is C18H2-2. The molecule has 0 aromatic heterocycles. The van der Waals surface area contributed by atoms with E-state index >= 15 is 0 Å². The molecule has 0 rings (SSSR count). The quantitative estimate of drug-likeness (QED) is 0.412. The molecular weight excluding hydrogens is 216 g/mol. The highest BCUT2D eigenvalue weighted by Gasteiger charge is 1.55. The van der Waals surface area contributed by atoms with Crippen LogP contribution in [0, 0.1) is 102 Å². The van der Waals surface area contributed by atoms with Gasteiger partial charge in [-0.25, -0.2) is 12.0 Å². The first-order valence-corrected chi connectivity index (χ1v) is 4.37. The molecule has 0 amide bonds. The van der Waals surface area contributed by atoms with Crippen LogP contribution in [0.25, 0.3) is 0 Å². The Morgan fingerprint density at radius 3 is 1.22 bits per heavy atom. The fourth-order valence-electron chi connectivity index (χ4n) is 0.453. The van der Waals surface area contributed by atoms with Crippen LogP contribution >= 0.6 is 0 Å². The highest BCUT2D eigenvalue weighted by molar-refractivity contribution is 5.45. The maximum atomic E-state index is 6.47. The summed E-state index contributed by atoms with van der Waals surface area (Å²) >= 11 is 0. The summed E-state index contributed by atoms with van der Waals surface area (Å²) in [4.78, 5) is 0. The molecule has 76 valence electrons. The summed E-state index contributed by atoms with van der Waals surface area (Å²) in [5.41, 5.74) is 0. The van der Waals surface area contributed by atoms with Crippen LogP contribution in [-0.2, 0) is 0 Å². The van der Waals surface area contributed by atoms with E-state index in [0.717, 1.165) is 0 Å². The van der Waals surface area contributed by atoms with Gasteiger partial charge in [-0.3, -0.25) is 18.4 Å². The van der Waals surface area contributed by atoms with E-state index in [1.807, 2.05) is 5.92 Å². The predicted octanol–water partition coefficient (Wildman–Crippen LogP) is 0.589. The summed E-state index contributed by atoms with van der Waals surface area (Å²) in [6.45, 7) is 5.00. The van der Waals surface area contributed by atoms with Crippen LogP contribution in [-0.4, -0.2) is 0 Å². The van der Waals surface area contributed by atoms with E-state index in [1.54, 1.807) is 0 Å². The average molecular weight is 218 g/mol. The van der Waals surface area contributed by atoms with Gasteiger partial charge in [0.25, 0.3) is 0 Å². The third-order valence-corrected chi connectivity index (χ3v) is 0.968. The second-order valence-electron chi connectivity index (χ2n) is 2.06. The Morgan fingerprint density at radius 1 is 0.556 bits per heavy atom. The molecule has 0 fully saturated rings. The van der Waals surface area contributed by atoms with Crippen molar-refractivity contribution >= 4 is 0 Å². The molecule has 0 spiro atoms. The van der Waals surface area contributed by atoms with Crippen molar-refractivity contribution in [1.82, 2.24) is 0 Å². The lowest BCUT2D eigenvalue weighted by molar-refractivity contribution is 2.23. The predicted molar refractivity (Wildman–Crippen MR) is 70.4 cm³/mol. The summed E-state index contributed by atoms with van der Waals surface area (Å²) in [5.74, 6) is 35.8. The van der Waals surface area contributed by atoms with Crippen molar-refractivity contribution < 1.29 is 0 Å². The molecule has 0 saturated carbocycles. The molecule has 0 aromatic carbocycles. The zero-order valence-corrected chi connectivity index (χ0v) is 9.15. The molecule has 0 heterocycles. The van der Waals surface area contributed by atoms with Crippen LogP contribution in [0.2, 0.25) is 0 Å². The molecule has 18 heavy (non-hydrogen) atoms. The first kappa shape index (κ1) is 14.2. The summed E-state index contributed by atoms with van der Waals surface area (Å²) in [7, 11) is 0. The lowest BCUT2D eigenvalue weighted by Gasteiger charge is -1.66. The Labute approximate surface area is 108 Å². The van der Waals surface area contributed by atoms with Crippen LogP contribution in [0.5, 0.6) is 0 Å².